The molecule has 1 fully saturated rings. The molecular weight excluding hydrogens is 382 g/mol. The zero-order valence-electron chi connectivity index (χ0n) is 17.7. The van der Waals surface area contributed by atoms with Gasteiger partial charge >= 0.3 is 5.97 Å². The predicted molar refractivity (Wildman–Crippen MR) is 114 cm³/mol. The molecular formula is C22H27N5O3. The van der Waals surface area contributed by atoms with Crippen molar-refractivity contribution in [2.24, 2.45) is 5.92 Å². The van der Waals surface area contributed by atoms with E-state index in [0.29, 0.717) is 19.6 Å². The van der Waals surface area contributed by atoms with Gasteiger partial charge in [0.25, 0.3) is 0 Å². The van der Waals surface area contributed by atoms with E-state index in [2.05, 4.69) is 10.00 Å². The van der Waals surface area contributed by atoms with Gasteiger partial charge in [-0.15, -0.1) is 0 Å². The number of carbonyl (C=O) groups is 1. The second-order valence-corrected chi connectivity index (χ2v) is 7.35. The van der Waals surface area contributed by atoms with Crippen molar-refractivity contribution in [2.75, 3.05) is 31.7 Å². The highest BCUT2D eigenvalue weighted by Crippen LogP contribution is 2.30. The molecule has 30 heavy (non-hydrogen) atoms. The molecule has 8 heteroatoms. The first-order valence-electron chi connectivity index (χ1n) is 10.4. The second-order valence-electron chi connectivity index (χ2n) is 7.35. The van der Waals surface area contributed by atoms with Gasteiger partial charge in [0.2, 0.25) is 0 Å². The van der Waals surface area contributed by atoms with E-state index in [9.17, 15) is 4.79 Å². The number of methoxy groups -OCH3 is 1. The SMILES string of the molecule is CCOC(=O)C1CCCN(c2nc(CC)nc3c2cnn3-c2ccc(OC)cc2)C1. The van der Waals surface area contributed by atoms with Crippen LogP contribution >= 0.6 is 0 Å². The Hall–Kier alpha value is -3.16. The van der Waals surface area contributed by atoms with Crippen LogP contribution in [0.2, 0.25) is 0 Å². The van der Waals surface area contributed by atoms with Crippen molar-refractivity contribution in [1.82, 2.24) is 19.7 Å². The van der Waals surface area contributed by atoms with Crippen molar-refractivity contribution in [3.63, 3.8) is 0 Å². The first-order valence-corrected chi connectivity index (χ1v) is 10.4. The number of carbonyl (C=O) groups excluding carboxylic acids is 1. The second kappa shape index (κ2) is 8.69. The molecule has 8 nitrogen and oxygen atoms in total. The Morgan fingerprint density at radius 3 is 2.70 bits per heavy atom. The largest absolute Gasteiger partial charge is 0.497 e. The van der Waals surface area contributed by atoms with Crippen LogP contribution in [0.4, 0.5) is 5.82 Å². The smallest absolute Gasteiger partial charge is 0.310 e. The van der Waals surface area contributed by atoms with Crippen LogP contribution in [0.3, 0.4) is 0 Å². The lowest BCUT2D eigenvalue weighted by Crippen LogP contribution is -2.40. The summed E-state index contributed by atoms with van der Waals surface area (Å²) in [5.74, 6) is 2.12. The number of rotatable bonds is 6. The van der Waals surface area contributed by atoms with Crippen LogP contribution in [0.15, 0.2) is 30.5 Å². The molecule has 0 spiro atoms. The van der Waals surface area contributed by atoms with Gasteiger partial charge in [0.15, 0.2) is 5.65 Å². The monoisotopic (exact) mass is 409 g/mol. The third-order valence-corrected chi connectivity index (χ3v) is 5.43. The number of aromatic nitrogens is 4. The number of esters is 1. The van der Waals surface area contributed by atoms with E-state index in [4.69, 9.17) is 19.4 Å². The number of aryl methyl sites for hydroxylation is 1. The number of nitrogens with zero attached hydrogens (tertiary/aromatic N) is 5. The summed E-state index contributed by atoms with van der Waals surface area (Å²) in [5, 5.41) is 5.47. The number of benzene rings is 1. The maximum Gasteiger partial charge on any atom is 0.310 e. The molecule has 158 valence electrons. The first-order chi connectivity index (χ1) is 14.6. The topological polar surface area (TPSA) is 82.4 Å². The van der Waals surface area contributed by atoms with Gasteiger partial charge in [0.1, 0.15) is 17.4 Å². The van der Waals surface area contributed by atoms with Crippen LogP contribution in [-0.2, 0) is 16.0 Å². The highest BCUT2D eigenvalue weighted by Gasteiger charge is 2.29. The lowest BCUT2D eigenvalue weighted by molar-refractivity contribution is -0.148. The summed E-state index contributed by atoms with van der Waals surface area (Å²) in [7, 11) is 1.65. The van der Waals surface area contributed by atoms with E-state index in [-0.39, 0.29) is 11.9 Å². The predicted octanol–water partition coefficient (Wildman–Crippen LogP) is 3.17. The van der Waals surface area contributed by atoms with Crippen LogP contribution in [0.5, 0.6) is 5.75 Å². The minimum atomic E-state index is -0.134. The molecule has 3 heterocycles. The van der Waals surface area contributed by atoms with Gasteiger partial charge in [0.05, 0.1) is 36.9 Å². The number of anilines is 1. The Morgan fingerprint density at radius 2 is 2.00 bits per heavy atom. The fourth-order valence-corrected chi connectivity index (χ4v) is 3.87. The summed E-state index contributed by atoms with van der Waals surface area (Å²) < 4.78 is 12.3. The molecule has 1 aliphatic heterocycles. The summed E-state index contributed by atoms with van der Waals surface area (Å²) in [5.41, 5.74) is 1.67. The van der Waals surface area contributed by atoms with E-state index in [0.717, 1.165) is 53.5 Å². The van der Waals surface area contributed by atoms with E-state index in [1.807, 2.05) is 49.0 Å². The maximum absolute atomic E-state index is 12.3. The van der Waals surface area contributed by atoms with E-state index < -0.39 is 0 Å². The molecule has 2 aromatic heterocycles. The van der Waals surface area contributed by atoms with Gasteiger partial charge in [0, 0.05) is 19.5 Å². The molecule has 1 aliphatic rings. The Bertz CT molecular complexity index is 1030. The Labute approximate surface area is 175 Å². The van der Waals surface area contributed by atoms with Gasteiger partial charge in [-0.2, -0.15) is 5.10 Å². The molecule has 1 aromatic carbocycles. The quantitative estimate of drug-likeness (QED) is 0.578. The lowest BCUT2D eigenvalue weighted by Gasteiger charge is -2.32. The fourth-order valence-electron chi connectivity index (χ4n) is 3.87. The lowest BCUT2D eigenvalue weighted by atomic mass is 9.98. The van der Waals surface area contributed by atoms with Crippen LogP contribution in [0.1, 0.15) is 32.5 Å². The van der Waals surface area contributed by atoms with E-state index >= 15 is 0 Å². The first kappa shape index (κ1) is 20.1. The summed E-state index contributed by atoms with van der Waals surface area (Å²) in [6.45, 7) is 5.73. The molecule has 3 aromatic rings. The average Bonchev–Trinajstić information content (AvgIpc) is 3.22. The molecule has 1 saturated heterocycles. The summed E-state index contributed by atoms with van der Waals surface area (Å²) in [4.78, 5) is 24.0. The number of hydrogen-bond donors (Lipinski definition) is 0. The average molecular weight is 409 g/mol. The third-order valence-electron chi connectivity index (χ3n) is 5.43. The molecule has 0 N–H and O–H groups in total. The van der Waals surface area contributed by atoms with Crippen LogP contribution in [0.25, 0.3) is 16.7 Å². The summed E-state index contributed by atoms with van der Waals surface area (Å²) >= 11 is 0. The van der Waals surface area contributed by atoms with Gasteiger partial charge in [-0.25, -0.2) is 14.6 Å². The number of ether oxygens (including phenoxy) is 2. The zero-order valence-corrected chi connectivity index (χ0v) is 17.7. The van der Waals surface area contributed by atoms with Crippen molar-refractivity contribution in [1.29, 1.82) is 0 Å². The molecule has 0 bridgehead atoms. The molecule has 1 unspecified atom stereocenters. The van der Waals surface area contributed by atoms with Crippen LogP contribution < -0.4 is 9.64 Å². The Kier molecular flexibility index (Phi) is 5.83. The third kappa shape index (κ3) is 3.81. The molecule has 0 radical (unpaired) electrons. The minimum Gasteiger partial charge on any atom is -0.497 e. The molecule has 1 atom stereocenters. The maximum atomic E-state index is 12.3. The van der Waals surface area contributed by atoms with Gasteiger partial charge in [-0.05, 0) is 44.0 Å². The van der Waals surface area contributed by atoms with E-state index in [1.165, 1.54) is 0 Å². The normalized spacial score (nSPS) is 16.6. The van der Waals surface area contributed by atoms with Crippen molar-refractivity contribution < 1.29 is 14.3 Å². The van der Waals surface area contributed by atoms with Crippen LogP contribution in [-0.4, -0.2) is 52.5 Å². The van der Waals surface area contributed by atoms with Crippen molar-refractivity contribution >= 4 is 22.8 Å². The number of piperidine rings is 1. The fraction of sp³-hybridized carbons (Fsp3) is 0.455. The molecule has 4 rings (SSSR count). The van der Waals surface area contributed by atoms with E-state index in [1.54, 1.807) is 7.11 Å². The van der Waals surface area contributed by atoms with Crippen molar-refractivity contribution in [3.05, 3.63) is 36.3 Å². The zero-order chi connectivity index (χ0) is 21.1. The molecule has 0 saturated carbocycles. The Morgan fingerprint density at radius 1 is 1.20 bits per heavy atom. The van der Waals surface area contributed by atoms with Crippen molar-refractivity contribution in [2.45, 2.75) is 33.1 Å². The van der Waals surface area contributed by atoms with Crippen molar-refractivity contribution in [3.8, 4) is 11.4 Å². The summed E-state index contributed by atoms with van der Waals surface area (Å²) in [6.07, 6.45) is 4.28. The number of hydrogen-bond acceptors (Lipinski definition) is 7. The van der Waals surface area contributed by atoms with Gasteiger partial charge in [-0.3, -0.25) is 4.79 Å². The summed E-state index contributed by atoms with van der Waals surface area (Å²) in [6, 6.07) is 7.72. The number of fused-ring (bicyclic) bond motifs is 1. The van der Waals surface area contributed by atoms with Crippen LogP contribution in [0, 0.1) is 5.92 Å². The van der Waals surface area contributed by atoms with Gasteiger partial charge < -0.3 is 14.4 Å². The highest BCUT2D eigenvalue weighted by atomic mass is 16.5. The van der Waals surface area contributed by atoms with Gasteiger partial charge in [-0.1, -0.05) is 6.92 Å². The minimum absolute atomic E-state index is 0.128. The standard InChI is InChI=1S/C22H27N5O3/c1-4-19-24-20(26-12-6-7-15(14-26)22(28)30-5-2)18-13-23-27(21(18)25-19)16-8-10-17(29-3)11-9-16/h8-11,13,15H,4-7,12,14H2,1-3H3. The molecule has 0 amide bonds. The Balaban J connectivity index is 1.73. The molecule has 0 aliphatic carbocycles. The highest BCUT2D eigenvalue weighted by molar-refractivity contribution is 5.88.